The lowest BCUT2D eigenvalue weighted by Crippen LogP contribution is -2.05. The molecule has 0 unspecified atom stereocenters. The largest absolute Gasteiger partial charge is 0.493 e. The van der Waals surface area contributed by atoms with Crippen molar-refractivity contribution in [2.24, 2.45) is 0 Å². The lowest BCUT2D eigenvalue weighted by Gasteiger charge is -2.07. The predicted molar refractivity (Wildman–Crippen MR) is 68.3 cm³/mol. The zero-order valence-corrected chi connectivity index (χ0v) is 10.4. The molecular weight excluding hydrogens is 218 g/mol. The first-order valence-corrected chi connectivity index (χ1v) is 5.88. The van der Waals surface area contributed by atoms with Crippen LogP contribution in [0.3, 0.4) is 0 Å². The quantitative estimate of drug-likeness (QED) is 0.529. The Bertz CT molecular complexity index is 304. The second-order valence-corrected chi connectivity index (χ2v) is 3.73. The first-order chi connectivity index (χ1) is 8.33. The van der Waals surface area contributed by atoms with Gasteiger partial charge < -0.3 is 19.9 Å². The fourth-order valence-corrected chi connectivity index (χ4v) is 1.36. The molecule has 0 aromatic heterocycles. The Morgan fingerprint density at radius 2 is 1.82 bits per heavy atom. The molecule has 0 saturated carbocycles. The number of ether oxygens (including phenoxy) is 3. The van der Waals surface area contributed by atoms with Crippen LogP contribution in [-0.4, -0.2) is 33.5 Å². The molecule has 4 nitrogen and oxygen atoms in total. The Hall–Kier alpha value is -1.26. The number of hydrogen-bond donors (Lipinski definition) is 1. The zero-order valence-electron chi connectivity index (χ0n) is 10.4. The van der Waals surface area contributed by atoms with E-state index >= 15 is 0 Å². The molecule has 2 N–H and O–H groups in total. The molecule has 1 rings (SSSR count). The molecule has 0 aliphatic carbocycles. The summed E-state index contributed by atoms with van der Waals surface area (Å²) in [5.41, 5.74) is 6.36. The second-order valence-electron chi connectivity index (χ2n) is 3.73. The number of hydrogen-bond acceptors (Lipinski definition) is 4. The molecule has 4 heteroatoms. The summed E-state index contributed by atoms with van der Waals surface area (Å²) < 4.78 is 15.9. The number of rotatable bonds is 9. The molecule has 17 heavy (non-hydrogen) atoms. The van der Waals surface area contributed by atoms with Gasteiger partial charge in [0.15, 0.2) is 0 Å². The van der Waals surface area contributed by atoms with Crippen molar-refractivity contribution in [3.05, 3.63) is 24.3 Å². The van der Waals surface area contributed by atoms with E-state index in [0.717, 1.165) is 37.5 Å². The molecule has 0 fully saturated rings. The van der Waals surface area contributed by atoms with Crippen molar-refractivity contribution >= 4 is 5.69 Å². The van der Waals surface area contributed by atoms with Crippen LogP contribution in [0.4, 0.5) is 5.69 Å². The van der Waals surface area contributed by atoms with E-state index in [1.807, 2.05) is 24.3 Å². The summed E-state index contributed by atoms with van der Waals surface area (Å²) in [6.07, 6.45) is 1.81. The van der Waals surface area contributed by atoms with E-state index in [4.69, 9.17) is 19.9 Å². The van der Waals surface area contributed by atoms with Crippen molar-refractivity contribution < 1.29 is 14.2 Å². The van der Waals surface area contributed by atoms with Crippen LogP contribution < -0.4 is 10.5 Å². The summed E-state index contributed by atoms with van der Waals surface area (Å²) in [5, 5.41) is 0. The monoisotopic (exact) mass is 239 g/mol. The average molecular weight is 239 g/mol. The fraction of sp³-hybridized carbons (Fsp3) is 0.538. The Balaban J connectivity index is 1.97. The average Bonchev–Trinajstić information content (AvgIpc) is 2.33. The van der Waals surface area contributed by atoms with E-state index in [0.29, 0.717) is 13.2 Å². The molecule has 96 valence electrons. The molecule has 0 spiro atoms. The van der Waals surface area contributed by atoms with Crippen molar-refractivity contribution in [2.75, 3.05) is 39.3 Å². The highest BCUT2D eigenvalue weighted by Crippen LogP contribution is 2.14. The lowest BCUT2D eigenvalue weighted by molar-refractivity contribution is 0.0941. The maximum Gasteiger partial charge on any atom is 0.121 e. The normalized spacial score (nSPS) is 10.4. The Morgan fingerprint density at radius 3 is 2.53 bits per heavy atom. The molecule has 0 bridgehead atoms. The van der Waals surface area contributed by atoms with Gasteiger partial charge in [0.1, 0.15) is 5.75 Å². The number of methoxy groups -OCH3 is 1. The van der Waals surface area contributed by atoms with Gasteiger partial charge >= 0.3 is 0 Å². The van der Waals surface area contributed by atoms with Crippen molar-refractivity contribution in [1.82, 2.24) is 0 Å². The third-order valence-electron chi connectivity index (χ3n) is 2.20. The van der Waals surface area contributed by atoms with Crippen LogP contribution >= 0.6 is 0 Å². The van der Waals surface area contributed by atoms with E-state index < -0.39 is 0 Å². The highest BCUT2D eigenvalue weighted by atomic mass is 16.5. The molecule has 0 heterocycles. The molecule has 0 saturated heterocycles. The molecular formula is C13H21NO3. The van der Waals surface area contributed by atoms with E-state index in [1.54, 1.807) is 7.11 Å². The predicted octanol–water partition coefficient (Wildman–Crippen LogP) is 2.09. The minimum Gasteiger partial charge on any atom is -0.493 e. The first kappa shape index (κ1) is 13.8. The highest BCUT2D eigenvalue weighted by molar-refractivity contribution is 5.43. The summed E-state index contributed by atoms with van der Waals surface area (Å²) in [6, 6.07) is 7.44. The van der Waals surface area contributed by atoms with Crippen LogP contribution in [0.5, 0.6) is 5.75 Å². The van der Waals surface area contributed by atoms with Crippen LogP contribution in [0.1, 0.15) is 12.8 Å². The van der Waals surface area contributed by atoms with Gasteiger partial charge in [-0.1, -0.05) is 6.07 Å². The summed E-state index contributed by atoms with van der Waals surface area (Å²) in [5.74, 6) is 0.810. The summed E-state index contributed by atoms with van der Waals surface area (Å²) >= 11 is 0. The van der Waals surface area contributed by atoms with E-state index in [1.165, 1.54) is 0 Å². The molecule has 0 radical (unpaired) electrons. The summed E-state index contributed by atoms with van der Waals surface area (Å²) in [6.45, 7) is 2.85. The minimum absolute atomic E-state index is 0.647. The molecule has 0 atom stereocenters. The van der Waals surface area contributed by atoms with Crippen LogP contribution in [0.15, 0.2) is 24.3 Å². The summed E-state index contributed by atoms with van der Waals surface area (Å²) in [4.78, 5) is 0. The number of nitrogen functional groups attached to an aromatic ring is 1. The standard InChI is InChI=1S/C13H21NO3/c1-15-7-3-8-16-9-4-10-17-13-6-2-5-12(14)11-13/h2,5-6,11H,3-4,7-10,14H2,1H3. The molecule has 1 aromatic rings. The smallest absolute Gasteiger partial charge is 0.121 e. The van der Waals surface area contributed by atoms with Gasteiger partial charge in [-0.3, -0.25) is 0 Å². The topological polar surface area (TPSA) is 53.7 Å². The van der Waals surface area contributed by atoms with Gasteiger partial charge in [0, 0.05) is 45.1 Å². The van der Waals surface area contributed by atoms with E-state index in [-0.39, 0.29) is 0 Å². The van der Waals surface area contributed by atoms with Crippen LogP contribution in [0, 0.1) is 0 Å². The van der Waals surface area contributed by atoms with E-state index in [9.17, 15) is 0 Å². The highest BCUT2D eigenvalue weighted by Gasteiger charge is 1.94. The third-order valence-corrected chi connectivity index (χ3v) is 2.20. The van der Waals surface area contributed by atoms with Crippen molar-refractivity contribution in [1.29, 1.82) is 0 Å². The van der Waals surface area contributed by atoms with Gasteiger partial charge in [-0.2, -0.15) is 0 Å². The van der Waals surface area contributed by atoms with E-state index in [2.05, 4.69) is 0 Å². The fourth-order valence-electron chi connectivity index (χ4n) is 1.36. The number of benzene rings is 1. The van der Waals surface area contributed by atoms with Crippen molar-refractivity contribution in [3.8, 4) is 5.75 Å². The summed E-state index contributed by atoms with van der Waals surface area (Å²) in [7, 11) is 1.69. The van der Waals surface area contributed by atoms with Gasteiger partial charge in [0.2, 0.25) is 0 Å². The minimum atomic E-state index is 0.647. The molecule has 0 amide bonds. The Morgan fingerprint density at radius 1 is 1.06 bits per heavy atom. The van der Waals surface area contributed by atoms with Crippen LogP contribution in [-0.2, 0) is 9.47 Å². The van der Waals surface area contributed by atoms with Crippen molar-refractivity contribution in [3.63, 3.8) is 0 Å². The molecule has 1 aromatic carbocycles. The third kappa shape index (κ3) is 6.81. The van der Waals surface area contributed by atoms with Gasteiger partial charge in [0.05, 0.1) is 6.61 Å². The molecule has 0 aliphatic rings. The second kappa shape index (κ2) is 8.84. The van der Waals surface area contributed by atoms with Crippen LogP contribution in [0.25, 0.3) is 0 Å². The number of nitrogens with two attached hydrogens (primary N) is 1. The Labute approximate surface area is 103 Å². The van der Waals surface area contributed by atoms with Gasteiger partial charge in [-0.25, -0.2) is 0 Å². The zero-order chi connectivity index (χ0) is 12.3. The molecule has 0 aliphatic heterocycles. The maximum atomic E-state index is 5.64. The first-order valence-electron chi connectivity index (χ1n) is 5.88. The van der Waals surface area contributed by atoms with Gasteiger partial charge in [-0.05, 0) is 18.6 Å². The van der Waals surface area contributed by atoms with Crippen molar-refractivity contribution in [2.45, 2.75) is 12.8 Å². The van der Waals surface area contributed by atoms with Crippen LogP contribution in [0.2, 0.25) is 0 Å². The Kier molecular flexibility index (Phi) is 7.18. The number of anilines is 1. The maximum absolute atomic E-state index is 5.64. The van der Waals surface area contributed by atoms with Gasteiger partial charge in [0.25, 0.3) is 0 Å². The lowest BCUT2D eigenvalue weighted by atomic mass is 10.3. The SMILES string of the molecule is COCCCOCCCOc1cccc(N)c1. The van der Waals surface area contributed by atoms with Gasteiger partial charge in [-0.15, -0.1) is 0 Å².